The normalized spacial score (nSPS) is 13.2. The van der Waals surface area contributed by atoms with E-state index in [0.29, 0.717) is 23.0 Å². The fourth-order valence-corrected chi connectivity index (χ4v) is 2.37. The van der Waals surface area contributed by atoms with Gasteiger partial charge in [0.25, 0.3) is 0 Å². The van der Waals surface area contributed by atoms with Crippen molar-refractivity contribution in [2.45, 2.75) is 53.0 Å². The third-order valence-electron chi connectivity index (χ3n) is 3.86. The van der Waals surface area contributed by atoms with E-state index in [9.17, 15) is 0 Å². The van der Waals surface area contributed by atoms with E-state index < -0.39 is 0 Å². The standard InChI is InChI=1S/C18H30N6O.HI/c1-13(8-10-18(2,3)4)21-17(19-5)20-11-9-15-22-16(24-23-15)14-7-6-12-25-14;/h6-7,12-13H,8-11H2,1-5H3,(H2,19,20,21)(H,22,23,24);1H. The van der Waals surface area contributed by atoms with Gasteiger partial charge in [0.1, 0.15) is 5.82 Å². The molecule has 0 radical (unpaired) electrons. The summed E-state index contributed by atoms with van der Waals surface area (Å²) in [6.07, 6.45) is 4.62. The minimum Gasteiger partial charge on any atom is -0.461 e. The zero-order valence-electron chi connectivity index (χ0n) is 16.3. The van der Waals surface area contributed by atoms with Gasteiger partial charge in [-0.15, -0.1) is 24.0 Å². The summed E-state index contributed by atoms with van der Waals surface area (Å²) < 4.78 is 5.29. The second-order valence-corrected chi connectivity index (χ2v) is 7.48. The number of furan rings is 1. The molecule has 0 amide bonds. The quantitative estimate of drug-likeness (QED) is 0.324. The lowest BCUT2D eigenvalue weighted by molar-refractivity contribution is 0.346. The maximum Gasteiger partial charge on any atom is 0.216 e. The molecule has 3 N–H and O–H groups in total. The first-order valence-electron chi connectivity index (χ1n) is 8.80. The van der Waals surface area contributed by atoms with Crippen molar-refractivity contribution in [3.05, 3.63) is 24.2 Å². The number of nitrogens with zero attached hydrogens (tertiary/aromatic N) is 3. The van der Waals surface area contributed by atoms with Crippen LogP contribution in [0.25, 0.3) is 11.6 Å². The number of H-pyrrole nitrogens is 1. The number of guanidine groups is 1. The Balaban J connectivity index is 0.00000338. The van der Waals surface area contributed by atoms with Crippen LogP contribution in [-0.2, 0) is 6.42 Å². The maximum atomic E-state index is 5.29. The number of hydrogen-bond donors (Lipinski definition) is 3. The summed E-state index contributed by atoms with van der Waals surface area (Å²) in [6, 6.07) is 4.04. The summed E-state index contributed by atoms with van der Waals surface area (Å²) in [5.41, 5.74) is 0.352. The van der Waals surface area contributed by atoms with E-state index in [1.807, 2.05) is 12.1 Å². The lowest BCUT2D eigenvalue weighted by atomic mass is 9.89. The van der Waals surface area contributed by atoms with Gasteiger partial charge in [0.15, 0.2) is 11.7 Å². The molecule has 2 heterocycles. The van der Waals surface area contributed by atoms with Crippen LogP contribution in [0.1, 0.15) is 46.4 Å². The fraction of sp³-hybridized carbons (Fsp3) is 0.611. The van der Waals surface area contributed by atoms with Gasteiger partial charge < -0.3 is 15.1 Å². The molecule has 2 aromatic rings. The number of rotatable bonds is 7. The van der Waals surface area contributed by atoms with Gasteiger partial charge in [0, 0.05) is 26.1 Å². The first-order valence-corrected chi connectivity index (χ1v) is 8.80. The summed E-state index contributed by atoms with van der Waals surface area (Å²) in [4.78, 5) is 8.71. The highest BCUT2D eigenvalue weighted by atomic mass is 127. The molecule has 0 aliphatic rings. The number of aromatic amines is 1. The Bertz CT molecular complexity index is 660. The van der Waals surface area contributed by atoms with Crippen LogP contribution in [0, 0.1) is 5.41 Å². The Labute approximate surface area is 172 Å². The van der Waals surface area contributed by atoms with Crippen molar-refractivity contribution in [1.82, 2.24) is 25.8 Å². The summed E-state index contributed by atoms with van der Waals surface area (Å²) in [7, 11) is 1.79. The van der Waals surface area contributed by atoms with Crippen molar-refractivity contribution in [3.63, 3.8) is 0 Å². The number of hydrogen-bond acceptors (Lipinski definition) is 4. The third-order valence-corrected chi connectivity index (χ3v) is 3.86. The second kappa shape index (κ2) is 10.5. The lowest BCUT2D eigenvalue weighted by Crippen LogP contribution is -2.43. The largest absolute Gasteiger partial charge is 0.461 e. The Morgan fingerprint density at radius 2 is 2.15 bits per heavy atom. The summed E-state index contributed by atoms with van der Waals surface area (Å²) in [5, 5.41) is 13.9. The molecular formula is C18H31IN6O. The smallest absolute Gasteiger partial charge is 0.216 e. The minimum absolute atomic E-state index is 0. The van der Waals surface area contributed by atoms with Crippen molar-refractivity contribution in [2.75, 3.05) is 13.6 Å². The highest BCUT2D eigenvalue weighted by Gasteiger charge is 2.13. The van der Waals surface area contributed by atoms with Crippen LogP contribution in [0.3, 0.4) is 0 Å². The molecule has 2 rings (SSSR count). The van der Waals surface area contributed by atoms with Crippen LogP contribution in [0.5, 0.6) is 0 Å². The van der Waals surface area contributed by atoms with Crippen molar-refractivity contribution in [1.29, 1.82) is 0 Å². The molecule has 0 fully saturated rings. The predicted molar refractivity (Wildman–Crippen MR) is 116 cm³/mol. The van der Waals surface area contributed by atoms with E-state index in [1.165, 1.54) is 6.42 Å². The van der Waals surface area contributed by atoms with Gasteiger partial charge in [0.05, 0.1) is 6.26 Å². The molecule has 0 aliphatic carbocycles. The van der Waals surface area contributed by atoms with Crippen LogP contribution < -0.4 is 10.6 Å². The van der Waals surface area contributed by atoms with Crippen LogP contribution in [0.2, 0.25) is 0 Å². The second-order valence-electron chi connectivity index (χ2n) is 7.48. The van der Waals surface area contributed by atoms with Crippen LogP contribution in [0.15, 0.2) is 27.8 Å². The first-order chi connectivity index (χ1) is 11.9. The molecule has 0 bridgehead atoms. The topological polar surface area (TPSA) is 91.1 Å². The van der Waals surface area contributed by atoms with Crippen molar-refractivity contribution in [3.8, 4) is 11.6 Å². The SMILES string of the molecule is CN=C(NCCc1nc(-c2ccco2)n[nH]1)NC(C)CCC(C)(C)C.I. The van der Waals surface area contributed by atoms with Gasteiger partial charge in [-0.2, -0.15) is 5.10 Å². The third kappa shape index (κ3) is 7.76. The minimum atomic E-state index is 0. The van der Waals surface area contributed by atoms with Crippen LogP contribution >= 0.6 is 24.0 Å². The predicted octanol–water partition coefficient (Wildman–Crippen LogP) is 3.61. The van der Waals surface area contributed by atoms with Gasteiger partial charge in [-0.05, 0) is 37.3 Å². The Hall–Kier alpha value is -1.58. The highest BCUT2D eigenvalue weighted by Crippen LogP contribution is 2.21. The summed E-state index contributed by atoms with van der Waals surface area (Å²) in [5.74, 6) is 2.88. The molecular weight excluding hydrogens is 443 g/mol. The molecule has 2 aromatic heterocycles. The van der Waals surface area contributed by atoms with Crippen LogP contribution in [-0.4, -0.2) is 40.8 Å². The molecule has 0 aliphatic heterocycles. The monoisotopic (exact) mass is 474 g/mol. The van der Waals surface area contributed by atoms with Crippen LogP contribution in [0.4, 0.5) is 0 Å². The van der Waals surface area contributed by atoms with E-state index >= 15 is 0 Å². The number of nitrogens with one attached hydrogen (secondary N) is 3. The zero-order chi connectivity index (χ0) is 18.3. The van der Waals surface area contributed by atoms with E-state index in [1.54, 1.807) is 13.3 Å². The lowest BCUT2D eigenvalue weighted by Gasteiger charge is -2.23. The van der Waals surface area contributed by atoms with Gasteiger partial charge in [0.2, 0.25) is 5.82 Å². The zero-order valence-corrected chi connectivity index (χ0v) is 18.6. The Morgan fingerprint density at radius 1 is 1.38 bits per heavy atom. The highest BCUT2D eigenvalue weighted by molar-refractivity contribution is 14.0. The van der Waals surface area contributed by atoms with E-state index in [-0.39, 0.29) is 24.0 Å². The molecule has 26 heavy (non-hydrogen) atoms. The molecule has 0 spiro atoms. The van der Waals surface area contributed by atoms with Gasteiger partial charge in [-0.1, -0.05) is 20.8 Å². The molecule has 0 aromatic carbocycles. The molecule has 1 atom stereocenters. The summed E-state index contributed by atoms with van der Waals surface area (Å²) in [6.45, 7) is 9.70. The Morgan fingerprint density at radius 3 is 2.77 bits per heavy atom. The molecule has 8 heteroatoms. The molecule has 0 saturated heterocycles. The summed E-state index contributed by atoms with van der Waals surface area (Å²) >= 11 is 0. The fourth-order valence-electron chi connectivity index (χ4n) is 2.37. The van der Waals surface area contributed by atoms with E-state index in [0.717, 1.165) is 31.2 Å². The van der Waals surface area contributed by atoms with Gasteiger partial charge >= 0.3 is 0 Å². The van der Waals surface area contributed by atoms with E-state index in [2.05, 4.69) is 58.5 Å². The number of aromatic nitrogens is 3. The van der Waals surface area contributed by atoms with Crippen molar-refractivity contribution >= 4 is 29.9 Å². The van der Waals surface area contributed by atoms with Crippen molar-refractivity contribution in [2.24, 2.45) is 10.4 Å². The average molecular weight is 474 g/mol. The van der Waals surface area contributed by atoms with E-state index in [4.69, 9.17) is 4.42 Å². The van der Waals surface area contributed by atoms with Gasteiger partial charge in [-0.25, -0.2) is 4.98 Å². The molecule has 7 nitrogen and oxygen atoms in total. The number of halogens is 1. The number of aliphatic imine (C=N–C) groups is 1. The molecule has 0 saturated carbocycles. The Kier molecular flexibility index (Phi) is 9.11. The first kappa shape index (κ1) is 22.5. The van der Waals surface area contributed by atoms with Gasteiger partial charge in [-0.3, -0.25) is 10.1 Å². The molecule has 146 valence electrons. The maximum absolute atomic E-state index is 5.29. The van der Waals surface area contributed by atoms with Crippen molar-refractivity contribution < 1.29 is 4.42 Å². The molecule has 1 unspecified atom stereocenters. The average Bonchev–Trinajstić information content (AvgIpc) is 3.22.